The summed E-state index contributed by atoms with van der Waals surface area (Å²) in [6, 6.07) is 3.69. The van der Waals surface area contributed by atoms with Gasteiger partial charge >= 0.3 is 0 Å². The Hall–Kier alpha value is -1.48. The van der Waals surface area contributed by atoms with Crippen LogP contribution < -0.4 is 5.32 Å². The van der Waals surface area contributed by atoms with Gasteiger partial charge in [0.25, 0.3) is 0 Å². The van der Waals surface area contributed by atoms with Gasteiger partial charge in [0.05, 0.1) is 5.56 Å². The fourth-order valence-corrected chi connectivity index (χ4v) is 3.37. The van der Waals surface area contributed by atoms with Crippen molar-refractivity contribution in [1.82, 2.24) is 5.32 Å². The summed E-state index contributed by atoms with van der Waals surface area (Å²) in [5.41, 5.74) is 2.68. The number of rotatable bonds is 7. The highest BCUT2D eigenvalue weighted by Crippen LogP contribution is 2.40. The summed E-state index contributed by atoms with van der Waals surface area (Å²) in [6.07, 6.45) is 7.83. The molecule has 1 aromatic rings. The van der Waals surface area contributed by atoms with Crippen LogP contribution in [0.2, 0.25) is 0 Å². The molecular weight excluding hydrogens is 286 g/mol. The number of aromatic hydroxyl groups is 2. The van der Waals surface area contributed by atoms with Gasteiger partial charge < -0.3 is 15.5 Å². The lowest BCUT2D eigenvalue weighted by Gasteiger charge is -2.23. The molecule has 0 amide bonds. The van der Waals surface area contributed by atoms with E-state index in [1.54, 1.807) is 0 Å². The predicted molar refractivity (Wildman–Crippen MR) is 97.0 cm³/mol. The molecule has 1 heterocycles. The number of nitrogens with one attached hydrogen (secondary N) is 1. The van der Waals surface area contributed by atoms with Gasteiger partial charge in [-0.2, -0.15) is 0 Å². The van der Waals surface area contributed by atoms with Crippen LogP contribution in [0.1, 0.15) is 69.9 Å². The van der Waals surface area contributed by atoms with Crippen LogP contribution in [0.15, 0.2) is 18.2 Å². The average Bonchev–Trinajstić information content (AvgIpc) is 2.54. The number of phenolic OH excluding ortho intramolecular Hbond substituents is 2. The van der Waals surface area contributed by atoms with E-state index in [4.69, 9.17) is 0 Å². The zero-order valence-corrected chi connectivity index (χ0v) is 14.7. The van der Waals surface area contributed by atoms with Crippen molar-refractivity contribution in [3.05, 3.63) is 29.3 Å². The minimum atomic E-state index is 0.209. The zero-order chi connectivity index (χ0) is 16.8. The van der Waals surface area contributed by atoms with E-state index in [-0.39, 0.29) is 11.5 Å². The van der Waals surface area contributed by atoms with E-state index in [0.717, 1.165) is 30.6 Å². The first-order chi connectivity index (χ1) is 11.0. The third-order valence-corrected chi connectivity index (χ3v) is 5.15. The number of unbranched alkanes of at least 4 members (excludes halogenated alkanes) is 2. The summed E-state index contributed by atoms with van der Waals surface area (Å²) in [5, 5.41) is 24.1. The van der Waals surface area contributed by atoms with Gasteiger partial charge in [0.15, 0.2) is 0 Å². The van der Waals surface area contributed by atoms with Crippen LogP contribution in [-0.2, 0) is 0 Å². The van der Waals surface area contributed by atoms with Crippen LogP contribution in [0.5, 0.6) is 11.5 Å². The number of hydrogen-bond donors (Lipinski definition) is 3. The Balaban J connectivity index is 2.16. The van der Waals surface area contributed by atoms with Crippen molar-refractivity contribution in [2.45, 2.75) is 58.8 Å². The Kier molecular flexibility index (Phi) is 6.52. The van der Waals surface area contributed by atoms with E-state index in [0.29, 0.717) is 17.4 Å². The minimum Gasteiger partial charge on any atom is -0.507 e. The summed E-state index contributed by atoms with van der Waals surface area (Å²) in [5.74, 6) is 1.30. The van der Waals surface area contributed by atoms with Crippen molar-refractivity contribution in [3.63, 3.8) is 0 Å². The first-order valence-corrected chi connectivity index (χ1v) is 9.00. The molecule has 1 aliphatic heterocycles. The molecule has 128 valence electrons. The Morgan fingerprint density at radius 2 is 1.83 bits per heavy atom. The van der Waals surface area contributed by atoms with Crippen LogP contribution in [0.25, 0.3) is 5.57 Å². The highest BCUT2D eigenvalue weighted by Gasteiger charge is 2.20. The lowest BCUT2D eigenvalue weighted by molar-refractivity contribution is 0.419. The smallest absolute Gasteiger partial charge is 0.127 e. The fraction of sp³-hybridized carbons (Fsp3) is 0.600. The molecule has 0 saturated heterocycles. The highest BCUT2D eigenvalue weighted by molar-refractivity contribution is 5.76. The second-order valence-corrected chi connectivity index (χ2v) is 6.88. The van der Waals surface area contributed by atoms with Crippen molar-refractivity contribution < 1.29 is 10.2 Å². The monoisotopic (exact) mass is 317 g/mol. The molecule has 0 aromatic heterocycles. The summed E-state index contributed by atoms with van der Waals surface area (Å²) >= 11 is 0. The van der Waals surface area contributed by atoms with E-state index in [1.165, 1.54) is 25.7 Å². The fourth-order valence-electron chi connectivity index (χ4n) is 3.37. The van der Waals surface area contributed by atoms with Gasteiger partial charge in [-0.15, -0.1) is 0 Å². The molecule has 0 bridgehead atoms. The molecule has 0 spiro atoms. The molecule has 1 aromatic carbocycles. The van der Waals surface area contributed by atoms with Gasteiger partial charge in [0, 0.05) is 6.54 Å². The molecule has 0 aliphatic carbocycles. The molecule has 3 N–H and O–H groups in total. The Morgan fingerprint density at radius 3 is 2.39 bits per heavy atom. The summed E-state index contributed by atoms with van der Waals surface area (Å²) in [4.78, 5) is 0. The first-order valence-electron chi connectivity index (χ1n) is 9.00. The van der Waals surface area contributed by atoms with Gasteiger partial charge in [-0.1, -0.05) is 52.5 Å². The Bertz CT molecular complexity index is 528. The van der Waals surface area contributed by atoms with Crippen molar-refractivity contribution in [2.24, 2.45) is 5.92 Å². The van der Waals surface area contributed by atoms with Crippen molar-refractivity contribution >= 4 is 5.57 Å². The summed E-state index contributed by atoms with van der Waals surface area (Å²) in [6.45, 7) is 8.35. The predicted octanol–water partition coefficient (Wildman–Crippen LogP) is 4.79. The molecular formula is C20H31NO2. The molecule has 2 unspecified atom stereocenters. The maximum Gasteiger partial charge on any atom is 0.127 e. The largest absolute Gasteiger partial charge is 0.507 e. The maximum absolute atomic E-state index is 10.4. The Morgan fingerprint density at radius 1 is 1.13 bits per heavy atom. The lowest BCUT2D eigenvalue weighted by Crippen LogP contribution is -2.20. The highest BCUT2D eigenvalue weighted by atomic mass is 16.3. The van der Waals surface area contributed by atoms with E-state index in [9.17, 15) is 10.2 Å². The van der Waals surface area contributed by atoms with Crippen LogP contribution in [-0.4, -0.2) is 23.3 Å². The zero-order valence-electron chi connectivity index (χ0n) is 14.7. The van der Waals surface area contributed by atoms with Gasteiger partial charge in [0.2, 0.25) is 0 Å². The molecule has 1 aliphatic rings. The van der Waals surface area contributed by atoms with Crippen molar-refractivity contribution in [2.75, 3.05) is 13.1 Å². The van der Waals surface area contributed by atoms with Crippen LogP contribution in [0.4, 0.5) is 0 Å². The SMILES string of the molecule is CCCCCC(C)C(C)c1cc(O)c(C2=CCNCC2)c(O)c1. The van der Waals surface area contributed by atoms with Crippen LogP contribution in [0, 0.1) is 5.92 Å². The molecule has 0 saturated carbocycles. The van der Waals surface area contributed by atoms with Crippen LogP contribution >= 0.6 is 0 Å². The Labute approximate surface area is 140 Å². The molecule has 23 heavy (non-hydrogen) atoms. The topological polar surface area (TPSA) is 52.5 Å². The second-order valence-electron chi connectivity index (χ2n) is 6.88. The quantitative estimate of drug-likeness (QED) is 0.633. The molecule has 0 fully saturated rings. The van der Waals surface area contributed by atoms with E-state index >= 15 is 0 Å². The normalized spacial score (nSPS) is 17.6. The molecule has 3 nitrogen and oxygen atoms in total. The first kappa shape index (κ1) is 17.9. The number of hydrogen-bond acceptors (Lipinski definition) is 3. The van der Waals surface area contributed by atoms with Gasteiger partial charge in [-0.05, 0) is 48.1 Å². The molecule has 3 heteroatoms. The minimum absolute atomic E-state index is 0.209. The summed E-state index contributed by atoms with van der Waals surface area (Å²) < 4.78 is 0. The third-order valence-electron chi connectivity index (χ3n) is 5.15. The average molecular weight is 317 g/mol. The van der Waals surface area contributed by atoms with Gasteiger partial charge in [-0.25, -0.2) is 0 Å². The second kappa shape index (κ2) is 8.39. The third kappa shape index (κ3) is 4.51. The van der Waals surface area contributed by atoms with Gasteiger partial charge in [0.1, 0.15) is 11.5 Å². The summed E-state index contributed by atoms with van der Waals surface area (Å²) in [7, 11) is 0. The standard InChI is InChI=1S/C20H31NO2/c1-4-5-6-7-14(2)15(3)17-12-18(22)20(19(23)13-17)16-8-10-21-11-9-16/h8,12-15,21-23H,4-7,9-11H2,1-3H3. The van der Waals surface area contributed by atoms with E-state index in [1.807, 2.05) is 12.1 Å². The lowest BCUT2D eigenvalue weighted by atomic mass is 9.84. The maximum atomic E-state index is 10.4. The van der Waals surface area contributed by atoms with E-state index < -0.39 is 0 Å². The molecule has 2 atom stereocenters. The molecule has 2 rings (SSSR count). The van der Waals surface area contributed by atoms with Crippen molar-refractivity contribution in [3.8, 4) is 11.5 Å². The molecule has 0 radical (unpaired) electrons. The number of benzene rings is 1. The van der Waals surface area contributed by atoms with Crippen LogP contribution in [0.3, 0.4) is 0 Å². The van der Waals surface area contributed by atoms with Crippen molar-refractivity contribution in [1.29, 1.82) is 0 Å². The number of phenols is 2. The van der Waals surface area contributed by atoms with E-state index in [2.05, 4.69) is 32.2 Å². The van der Waals surface area contributed by atoms with Gasteiger partial charge in [-0.3, -0.25) is 0 Å².